The van der Waals surface area contributed by atoms with E-state index in [1.807, 2.05) is 10.3 Å². The van der Waals surface area contributed by atoms with Crippen molar-refractivity contribution < 1.29 is 4.79 Å². The first-order valence-electron chi connectivity index (χ1n) is 6.31. The van der Waals surface area contributed by atoms with Crippen molar-refractivity contribution in [1.82, 2.24) is 14.7 Å². The maximum atomic E-state index is 12.4. The third kappa shape index (κ3) is 2.96. The lowest BCUT2D eigenvalue weighted by Gasteiger charge is -2.22. The van der Waals surface area contributed by atoms with Crippen molar-refractivity contribution in [2.45, 2.75) is 32.0 Å². The highest BCUT2D eigenvalue weighted by molar-refractivity contribution is 7.07. The van der Waals surface area contributed by atoms with Gasteiger partial charge >= 0.3 is 0 Å². The van der Waals surface area contributed by atoms with Gasteiger partial charge in [-0.25, -0.2) is 0 Å². The number of hydrogen-bond donors (Lipinski definition) is 1. The molecule has 2 aromatic heterocycles. The van der Waals surface area contributed by atoms with Crippen molar-refractivity contribution in [2.75, 3.05) is 5.73 Å². The van der Waals surface area contributed by atoms with Gasteiger partial charge in [0.25, 0.3) is 0 Å². The average molecular weight is 276 g/mol. The SMILES string of the molecule is Nc1cnn(CC(=O)N(Cc2ccsc2)C2CC2)c1. The highest BCUT2D eigenvalue weighted by atomic mass is 32.1. The molecule has 19 heavy (non-hydrogen) atoms. The number of rotatable bonds is 5. The van der Waals surface area contributed by atoms with Gasteiger partial charge in [-0.1, -0.05) is 0 Å². The number of aromatic nitrogens is 2. The molecule has 2 N–H and O–H groups in total. The molecular formula is C13H16N4OS. The molecule has 1 saturated carbocycles. The van der Waals surface area contributed by atoms with Crippen molar-refractivity contribution in [3.8, 4) is 0 Å². The zero-order valence-electron chi connectivity index (χ0n) is 10.5. The lowest BCUT2D eigenvalue weighted by Crippen LogP contribution is -2.35. The largest absolute Gasteiger partial charge is 0.396 e. The molecule has 2 heterocycles. The second kappa shape index (κ2) is 5.05. The Hall–Kier alpha value is -1.82. The summed E-state index contributed by atoms with van der Waals surface area (Å²) in [5.74, 6) is 0.108. The molecule has 0 saturated heterocycles. The Morgan fingerprint density at radius 2 is 2.42 bits per heavy atom. The van der Waals surface area contributed by atoms with Crippen LogP contribution in [0.1, 0.15) is 18.4 Å². The van der Waals surface area contributed by atoms with Gasteiger partial charge in [-0.15, -0.1) is 0 Å². The summed E-state index contributed by atoms with van der Waals surface area (Å²) in [5.41, 5.74) is 7.39. The molecular weight excluding hydrogens is 260 g/mol. The molecule has 0 aromatic carbocycles. The minimum atomic E-state index is 0.108. The molecule has 0 unspecified atom stereocenters. The fourth-order valence-corrected chi connectivity index (χ4v) is 2.74. The van der Waals surface area contributed by atoms with Crippen LogP contribution in [-0.4, -0.2) is 26.6 Å². The van der Waals surface area contributed by atoms with Gasteiger partial charge in [-0.3, -0.25) is 9.48 Å². The lowest BCUT2D eigenvalue weighted by atomic mass is 10.3. The van der Waals surface area contributed by atoms with Crippen LogP contribution in [0.4, 0.5) is 5.69 Å². The van der Waals surface area contributed by atoms with Crippen molar-refractivity contribution >= 4 is 22.9 Å². The standard InChI is InChI=1S/C13H16N4OS/c14-11-5-15-16(7-11)8-13(18)17(12-1-2-12)6-10-3-4-19-9-10/h3-5,7,9,12H,1-2,6,8,14H2. The molecule has 0 aliphatic heterocycles. The third-order valence-electron chi connectivity index (χ3n) is 3.19. The van der Waals surface area contributed by atoms with E-state index in [0.717, 1.165) is 12.8 Å². The van der Waals surface area contributed by atoms with Gasteiger partial charge in [0.2, 0.25) is 5.91 Å². The predicted octanol–water partition coefficient (Wildman–Crippen LogP) is 1.72. The summed E-state index contributed by atoms with van der Waals surface area (Å²) in [6.45, 7) is 0.960. The third-order valence-corrected chi connectivity index (χ3v) is 3.92. The number of carbonyl (C=O) groups is 1. The maximum absolute atomic E-state index is 12.4. The van der Waals surface area contributed by atoms with Crippen LogP contribution in [-0.2, 0) is 17.9 Å². The molecule has 0 atom stereocenters. The summed E-state index contributed by atoms with van der Waals surface area (Å²) < 4.78 is 1.60. The number of anilines is 1. The highest BCUT2D eigenvalue weighted by Gasteiger charge is 2.32. The van der Waals surface area contributed by atoms with Gasteiger partial charge in [-0.2, -0.15) is 16.4 Å². The quantitative estimate of drug-likeness (QED) is 0.904. The molecule has 1 amide bonds. The summed E-state index contributed by atoms with van der Waals surface area (Å²) in [7, 11) is 0. The number of nitrogens with two attached hydrogens (primary N) is 1. The van der Waals surface area contributed by atoms with Crippen LogP contribution < -0.4 is 5.73 Å². The molecule has 1 aliphatic rings. The van der Waals surface area contributed by atoms with Gasteiger partial charge in [0, 0.05) is 18.8 Å². The molecule has 6 heteroatoms. The normalized spacial score (nSPS) is 14.5. The van der Waals surface area contributed by atoms with E-state index in [4.69, 9.17) is 5.73 Å². The van der Waals surface area contributed by atoms with Gasteiger partial charge in [0.1, 0.15) is 6.54 Å². The van der Waals surface area contributed by atoms with Crippen LogP contribution in [0.2, 0.25) is 0 Å². The molecule has 0 radical (unpaired) electrons. The van der Waals surface area contributed by atoms with E-state index in [2.05, 4.69) is 16.5 Å². The topological polar surface area (TPSA) is 64.1 Å². The number of carbonyl (C=O) groups excluding carboxylic acids is 1. The van der Waals surface area contributed by atoms with Gasteiger partial charge in [0.15, 0.2) is 0 Å². The monoisotopic (exact) mass is 276 g/mol. The van der Waals surface area contributed by atoms with Crippen molar-refractivity contribution in [2.24, 2.45) is 0 Å². The second-order valence-corrected chi connectivity index (χ2v) is 5.64. The lowest BCUT2D eigenvalue weighted by molar-refractivity contribution is -0.133. The summed E-state index contributed by atoms with van der Waals surface area (Å²) in [4.78, 5) is 14.3. The van der Waals surface area contributed by atoms with Crippen molar-refractivity contribution in [1.29, 1.82) is 0 Å². The Labute approximate surface area is 115 Å². The van der Waals surface area contributed by atoms with E-state index >= 15 is 0 Å². The van der Waals surface area contributed by atoms with E-state index in [0.29, 0.717) is 18.3 Å². The molecule has 0 bridgehead atoms. The minimum Gasteiger partial charge on any atom is -0.396 e. The highest BCUT2D eigenvalue weighted by Crippen LogP contribution is 2.29. The minimum absolute atomic E-state index is 0.108. The van der Waals surface area contributed by atoms with Crippen LogP contribution in [0.3, 0.4) is 0 Å². The fourth-order valence-electron chi connectivity index (χ4n) is 2.08. The smallest absolute Gasteiger partial charge is 0.244 e. The number of amides is 1. The number of nitrogens with zero attached hydrogens (tertiary/aromatic N) is 3. The summed E-state index contributed by atoms with van der Waals surface area (Å²) in [5, 5.41) is 8.19. The first-order valence-corrected chi connectivity index (χ1v) is 7.25. The van der Waals surface area contributed by atoms with Crippen molar-refractivity contribution in [3.05, 3.63) is 34.8 Å². The Kier molecular flexibility index (Phi) is 3.25. The Balaban J connectivity index is 1.67. The van der Waals surface area contributed by atoms with E-state index < -0.39 is 0 Å². The van der Waals surface area contributed by atoms with Gasteiger partial charge in [-0.05, 0) is 35.2 Å². The van der Waals surface area contributed by atoms with Crippen LogP contribution >= 0.6 is 11.3 Å². The Morgan fingerprint density at radius 3 is 3.00 bits per heavy atom. The molecule has 100 valence electrons. The van der Waals surface area contributed by atoms with E-state index in [9.17, 15) is 4.79 Å². The first kappa shape index (κ1) is 12.2. The zero-order valence-corrected chi connectivity index (χ0v) is 11.3. The maximum Gasteiger partial charge on any atom is 0.244 e. The molecule has 0 spiro atoms. The number of hydrogen-bond acceptors (Lipinski definition) is 4. The van der Waals surface area contributed by atoms with Crippen LogP contribution in [0.25, 0.3) is 0 Å². The molecule has 3 rings (SSSR count). The van der Waals surface area contributed by atoms with Gasteiger partial charge in [0.05, 0.1) is 11.9 Å². The molecule has 2 aromatic rings. The molecule has 1 fully saturated rings. The average Bonchev–Trinajstić information content (AvgIpc) is 2.93. The molecule has 5 nitrogen and oxygen atoms in total. The Bertz CT molecular complexity index is 559. The van der Waals surface area contributed by atoms with Crippen LogP contribution in [0, 0.1) is 0 Å². The van der Waals surface area contributed by atoms with Crippen LogP contribution in [0.5, 0.6) is 0 Å². The second-order valence-electron chi connectivity index (χ2n) is 4.86. The number of nitrogen functional groups attached to an aromatic ring is 1. The van der Waals surface area contributed by atoms with Gasteiger partial charge < -0.3 is 10.6 Å². The van der Waals surface area contributed by atoms with Crippen molar-refractivity contribution in [3.63, 3.8) is 0 Å². The summed E-state index contributed by atoms with van der Waals surface area (Å²) in [6.07, 6.45) is 5.47. The van der Waals surface area contributed by atoms with E-state index in [1.165, 1.54) is 5.56 Å². The van der Waals surface area contributed by atoms with Crippen LogP contribution in [0.15, 0.2) is 29.2 Å². The molecule has 1 aliphatic carbocycles. The summed E-state index contributed by atoms with van der Waals surface area (Å²) in [6, 6.07) is 2.47. The first-order chi connectivity index (χ1) is 9.22. The van der Waals surface area contributed by atoms with E-state index in [-0.39, 0.29) is 12.5 Å². The Morgan fingerprint density at radius 1 is 1.58 bits per heavy atom. The predicted molar refractivity (Wildman–Crippen MR) is 74.5 cm³/mol. The number of thiophene rings is 1. The fraction of sp³-hybridized carbons (Fsp3) is 0.385. The van der Waals surface area contributed by atoms with E-state index in [1.54, 1.807) is 28.4 Å². The summed E-state index contributed by atoms with van der Waals surface area (Å²) >= 11 is 1.66. The zero-order chi connectivity index (χ0) is 13.2.